The zero-order valence-corrected chi connectivity index (χ0v) is 10.1. The van der Waals surface area contributed by atoms with Crippen molar-refractivity contribution in [1.29, 1.82) is 0 Å². The van der Waals surface area contributed by atoms with Gasteiger partial charge in [-0.3, -0.25) is 4.79 Å². The number of hydrogen-bond acceptors (Lipinski definition) is 4. The van der Waals surface area contributed by atoms with Crippen LogP contribution >= 0.6 is 0 Å². The molecule has 0 aromatic carbocycles. The van der Waals surface area contributed by atoms with Crippen LogP contribution in [0.25, 0.3) is 0 Å². The average Bonchev–Trinajstić information content (AvgIpc) is 2.44. The SMILES string of the molecule is C=CC(=O)N1CCC[N+](C(=O)C=C)(C(=O)C=C)N1. The van der Waals surface area contributed by atoms with E-state index in [0.29, 0.717) is 13.0 Å². The van der Waals surface area contributed by atoms with Gasteiger partial charge in [0.05, 0.1) is 0 Å². The summed E-state index contributed by atoms with van der Waals surface area (Å²) in [7, 11) is 0. The molecule has 1 heterocycles. The molecule has 3 amide bonds. The van der Waals surface area contributed by atoms with Crippen LogP contribution in [-0.2, 0) is 14.4 Å². The molecule has 0 radical (unpaired) electrons. The summed E-state index contributed by atoms with van der Waals surface area (Å²) in [6.45, 7) is 10.8. The topological polar surface area (TPSA) is 66.5 Å². The van der Waals surface area contributed by atoms with Gasteiger partial charge in [-0.2, -0.15) is 0 Å². The van der Waals surface area contributed by atoms with Crippen molar-refractivity contribution in [3.8, 4) is 0 Å². The summed E-state index contributed by atoms with van der Waals surface area (Å²) in [5.74, 6) is -1.45. The maximum absolute atomic E-state index is 11.9. The highest BCUT2D eigenvalue weighted by Gasteiger charge is 2.46. The van der Waals surface area contributed by atoms with Crippen LogP contribution in [0.4, 0.5) is 0 Å². The summed E-state index contributed by atoms with van der Waals surface area (Å²) < 4.78 is -0.702. The van der Waals surface area contributed by atoms with Crippen LogP contribution in [0.3, 0.4) is 0 Å². The molecule has 1 fully saturated rings. The maximum Gasteiger partial charge on any atom is 0.366 e. The van der Waals surface area contributed by atoms with Gasteiger partial charge in [-0.05, 0) is 6.08 Å². The van der Waals surface area contributed by atoms with Crippen LogP contribution in [-0.4, -0.2) is 40.4 Å². The van der Waals surface area contributed by atoms with Crippen molar-refractivity contribution in [1.82, 2.24) is 10.5 Å². The molecule has 6 nitrogen and oxygen atoms in total. The van der Waals surface area contributed by atoms with Crippen molar-refractivity contribution >= 4 is 17.7 Å². The maximum atomic E-state index is 11.9. The van der Waals surface area contributed by atoms with Gasteiger partial charge >= 0.3 is 11.8 Å². The summed E-state index contributed by atoms with van der Waals surface area (Å²) in [6.07, 6.45) is 3.72. The number of nitrogens with one attached hydrogen (secondary N) is 1. The van der Waals surface area contributed by atoms with Crippen molar-refractivity contribution < 1.29 is 19.0 Å². The second-order valence-electron chi connectivity index (χ2n) is 3.77. The molecule has 1 aliphatic heterocycles. The van der Waals surface area contributed by atoms with Gasteiger partial charge in [0.25, 0.3) is 5.91 Å². The number of rotatable bonds is 3. The lowest BCUT2D eigenvalue weighted by molar-refractivity contribution is -0.843. The van der Waals surface area contributed by atoms with Crippen molar-refractivity contribution in [2.24, 2.45) is 0 Å². The number of hydrazine groups is 1. The summed E-state index contributed by atoms with van der Waals surface area (Å²) >= 11 is 0. The van der Waals surface area contributed by atoms with Gasteiger partial charge < -0.3 is 0 Å². The van der Waals surface area contributed by atoms with E-state index in [1.54, 1.807) is 0 Å². The van der Waals surface area contributed by atoms with Crippen LogP contribution in [0.15, 0.2) is 38.0 Å². The molecular weight excluding hydrogens is 234 g/mol. The van der Waals surface area contributed by atoms with E-state index < -0.39 is 22.3 Å². The molecule has 18 heavy (non-hydrogen) atoms. The lowest BCUT2D eigenvalue weighted by Crippen LogP contribution is -2.73. The van der Waals surface area contributed by atoms with Crippen molar-refractivity contribution in [3.63, 3.8) is 0 Å². The minimum Gasteiger partial charge on any atom is -0.268 e. The first kappa shape index (κ1) is 14.0. The molecular formula is C12H16N3O3+. The minimum absolute atomic E-state index is 0.247. The Balaban J connectivity index is 3.11. The number of nitrogens with zero attached hydrogens (tertiary/aromatic N) is 2. The molecule has 0 aliphatic carbocycles. The Morgan fingerprint density at radius 2 is 1.61 bits per heavy atom. The normalized spacial score (nSPS) is 17.7. The van der Waals surface area contributed by atoms with Gasteiger partial charge in [-0.25, -0.2) is 14.6 Å². The van der Waals surface area contributed by atoms with E-state index in [1.165, 1.54) is 5.01 Å². The van der Waals surface area contributed by atoms with Crippen LogP contribution in [0.5, 0.6) is 0 Å². The Bertz CT molecular complexity index is 408. The summed E-state index contributed by atoms with van der Waals surface area (Å²) in [4.78, 5) is 35.3. The zero-order valence-electron chi connectivity index (χ0n) is 10.1. The van der Waals surface area contributed by atoms with Crippen molar-refractivity contribution in [2.45, 2.75) is 6.42 Å². The molecule has 1 rings (SSSR count). The van der Waals surface area contributed by atoms with Crippen molar-refractivity contribution in [3.05, 3.63) is 38.0 Å². The van der Waals surface area contributed by atoms with Gasteiger partial charge in [0.1, 0.15) is 6.54 Å². The van der Waals surface area contributed by atoms with Gasteiger partial charge in [0.15, 0.2) is 0 Å². The monoisotopic (exact) mass is 250 g/mol. The Labute approximate surface area is 105 Å². The summed E-state index contributed by atoms with van der Waals surface area (Å²) in [5, 5.41) is 1.19. The third-order valence-corrected chi connectivity index (χ3v) is 2.71. The highest BCUT2D eigenvalue weighted by Crippen LogP contribution is 2.14. The van der Waals surface area contributed by atoms with Crippen molar-refractivity contribution in [2.75, 3.05) is 13.1 Å². The van der Waals surface area contributed by atoms with Crippen LogP contribution in [0.1, 0.15) is 6.42 Å². The lowest BCUT2D eigenvalue weighted by Gasteiger charge is -2.39. The van der Waals surface area contributed by atoms with E-state index in [-0.39, 0.29) is 6.54 Å². The van der Waals surface area contributed by atoms with E-state index in [1.807, 2.05) is 0 Å². The molecule has 1 aliphatic rings. The molecule has 1 N–H and O–H groups in total. The number of carbonyl (C=O) groups excluding carboxylic acids is 3. The van der Waals surface area contributed by atoms with E-state index in [0.717, 1.165) is 18.2 Å². The molecule has 0 spiro atoms. The fourth-order valence-corrected chi connectivity index (χ4v) is 1.78. The first-order chi connectivity index (χ1) is 8.51. The lowest BCUT2D eigenvalue weighted by atomic mass is 10.2. The Kier molecular flexibility index (Phi) is 4.30. The van der Waals surface area contributed by atoms with E-state index in [2.05, 4.69) is 25.3 Å². The van der Waals surface area contributed by atoms with Crippen LogP contribution in [0, 0.1) is 0 Å². The molecule has 0 atom stereocenters. The molecule has 0 aromatic rings. The predicted molar refractivity (Wildman–Crippen MR) is 65.2 cm³/mol. The third kappa shape index (κ3) is 2.29. The fourth-order valence-electron chi connectivity index (χ4n) is 1.78. The second kappa shape index (κ2) is 5.52. The molecule has 96 valence electrons. The van der Waals surface area contributed by atoms with E-state index in [4.69, 9.17) is 0 Å². The number of quaternary nitrogens is 1. The number of amides is 3. The largest absolute Gasteiger partial charge is 0.366 e. The molecule has 0 unspecified atom stereocenters. The van der Waals surface area contributed by atoms with Gasteiger partial charge in [0.2, 0.25) is 0 Å². The molecule has 1 saturated heterocycles. The number of imide groups is 1. The Morgan fingerprint density at radius 3 is 2.06 bits per heavy atom. The summed E-state index contributed by atoms with van der Waals surface area (Å²) in [6, 6.07) is 0. The summed E-state index contributed by atoms with van der Waals surface area (Å²) in [5.41, 5.74) is 2.63. The quantitative estimate of drug-likeness (QED) is 0.568. The van der Waals surface area contributed by atoms with Crippen LogP contribution < -0.4 is 5.53 Å². The number of carbonyl (C=O) groups is 3. The second-order valence-corrected chi connectivity index (χ2v) is 3.77. The van der Waals surface area contributed by atoms with Gasteiger partial charge in [-0.1, -0.05) is 29.9 Å². The molecule has 0 bridgehead atoms. The predicted octanol–water partition coefficient (Wildman–Crippen LogP) is 0.0663. The first-order valence-corrected chi connectivity index (χ1v) is 5.45. The van der Waals surface area contributed by atoms with Gasteiger partial charge in [-0.15, -0.1) is 0 Å². The fraction of sp³-hybridized carbons (Fsp3) is 0.250. The van der Waals surface area contributed by atoms with Crippen LogP contribution in [0.2, 0.25) is 0 Å². The van der Waals surface area contributed by atoms with Gasteiger partial charge in [0, 0.05) is 25.1 Å². The smallest absolute Gasteiger partial charge is 0.268 e. The first-order valence-electron chi connectivity index (χ1n) is 5.45. The Morgan fingerprint density at radius 1 is 1.06 bits per heavy atom. The molecule has 6 heteroatoms. The molecule has 0 saturated carbocycles. The average molecular weight is 250 g/mol. The highest BCUT2D eigenvalue weighted by molar-refractivity contribution is 5.95. The minimum atomic E-state index is -0.702. The third-order valence-electron chi connectivity index (χ3n) is 2.71. The van der Waals surface area contributed by atoms with E-state index >= 15 is 0 Å². The standard InChI is InChI=1S/C12H16N3O3/c1-4-10(16)14-8-7-9-15(13-14,11(17)5-2)12(18)6-3/h4-6,13H,1-3,7-9H2/q+1. The zero-order chi connectivity index (χ0) is 13.8. The highest BCUT2D eigenvalue weighted by atomic mass is 16.2. The Hall–Kier alpha value is -2.05. The number of hydrogen-bond donors (Lipinski definition) is 1. The molecule has 0 aromatic heterocycles. The van der Waals surface area contributed by atoms with E-state index in [9.17, 15) is 14.4 Å².